The molecule has 2 N–H and O–H groups in total. The molecule has 0 spiro atoms. The van der Waals surface area contributed by atoms with E-state index in [1.807, 2.05) is 22.6 Å². The number of carbonyl (C=O) groups is 1. The summed E-state index contributed by atoms with van der Waals surface area (Å²) >= 11 is 1.96. The standard InChI is InChI=1S/C22H23F3IN3O/c23-17-7-6-16(21(20(17)25)28-19-8-5-14(26)9-18(19)24)22(30)29-11-15(12-29)27-10-13-3-1-2-4-13/h5-9,13,15,27-28H,1-4,10-12H2. The zero-order valence-electron chi connectivity index (χ0n) is 16.4. The average molecular weight is 529 g/mol. The molecule has 1 saturated heterocycles. The van der Waals surface area contributed by atoms with Crippen LogP contribution >= 0.6 is 22.6 Å². The van der Waals surface area contributed by atoms with Crippen molar-refractivity contribution in [1.29, 1.82) is 0 Å². The van der Waals surface area contributed by atoms with Crippen LogP contribution in [0.3, 0.4) is 0 Å². The molecule has 4 nitrogen and oxygen atoms in total. The number of anilines is 2. The molecule has 4 rings (SSSR count). The first-order valence-corrected chi connectivity index (χ1v) is 11.2. The van der Waals surface area contributed by atoms with Crippen LogP contribution in [0.1, 0.15) is 36.0 Å². The van der Waals surface area contributed by atoms with Crippen molar-refractivity contribution in [3.05, 3.63) is 56.9 Å². The van der Waals surface area contributed by atoms with Crippen LogP contribution in [0.25, 0.3) is 0 Å². The Morgan fingerprint density at radius 1 is 1.07 bits per heavy atom. The fraction of sp³-hybridized carbons (Fsp3) is 0.409. The van der Waals surface area contributed by atoms with Crippen molar-refractivity contribution in [2.75, 3.05) is 25.0 Å². The van der Waals surface area contributed by atoms with E-state index in [0.29, 0.717) is 22.6 Å². The van der Waals surface area contributed by atoms with Crippen LogP contribution in [0.4, 0.5) is 24.5 Å². The minimum absolute atomic E-state index is 0.0129. The smallest absolute Gasteiger partial charge is 0.256 e. The Morgan fingerprint density at radius 3 is 2.50 bits per heavy atom. The Kier molecular flexibility index (Phi) is 6.52. The van der Waals surface area contributed by atoms with Gasteiger partial charge in [-0.1, -0.05) is 12.8 Å². The van der Waals surface area contributed by atoms with Crippen molar-refractivity contribution >= 4 is 39.9 Å². The lowest BCUT2D eigenvalue weighted by Crippen LogP contribution is -2.60. The molecule has 1 aliphatic carbocycles. The average Bonchev–Trinajstić information content (AvgIpc) is 3.19. The van der Waals surface area contributed by atoms with Gasteiger partial charge in [0.05, 0.1) is 16.9 Å². The van der Waals surface area contributed by atoms with Gasteiger partial charge in [0, 0.05) is 22.7 Å². The maximum atomic E-state index is 14.5. The van der Waals surface area contributed by atoms with Crippen molar-refractivity contribution in [1.82, 2.24) is 10.2 Å². The van der Waals surface area contributed by atoms with Crippen molar-refractivity contribution in [2.24, 2.45) is 5.92 Å². The van der Waals surface area contributed by atoms with E-state index in [1.165, 1.54) is 43.9 Å². The lowest BCUT2D eigenvalue weighted by molar-refractivity contribution is 0.0563. The Balaban J connectivity index is 1.46. The van der Waals surface area contributed by atoms with Crippen LogP contribution in [0.2, 0.25) is 0 Å². The molecule has 2 aromatic rings. The van der Waals surface area contributed by atoms with Crippen LogP contribution < -0.4 is 10.6 Å². The predicted molar refractivity (Wildman–Crippen MR) is 118 cm³/mol. The highest BCUT2D eigenvalue weighted by Gasteiger charge is 2.33. The van der Waals surface area contributed by atoms with E-state index >= 15 is 0 Å². The lowest BCUT2D eigenvalue weighted by atomic mass is 10.0. The maximum absolute atomic E-state index is 14.5. The van der Waals surface area contributed by atoms with E-state index in [-0.39, 0.29) is 23.0 Å². The Bertz CT molecular complexity index is 943. The van der Waals surface area contributed by atoms with Gasteiger partial charge >= 0.3 is 0 Å². The van der Waals surface area contributed by atoms with Gasteiger partial charge in [0.15, 0.2) is 11.6 Å². The number of hydrogen-bond donors (Lipinski definition) is 2. The third kappa shape index (κ3) is 4.59. The number of rotatable bonds is 6. The first kappa shape index (κ1) is 21.4. The molecule has 1 heterocycles. The van der Waals surface area contributed by atoms with Crippen LogP contribution in [0, 0.1) is 26.9 Å². The van der Waals surface area contributed by atoms with Gasteiger partial charge in [-0.2, -0.15) is 0 Å². The van der Waals surface area contributed by atoms with E-state index in [4.69, 9.17) is 0 Å². The van der Waals surface area contributed by atoms with E-state index in [0.717, 1.165) is 12.6 Å². The molecule has 30 heavy (non-hydrogen) atoms. The van der Waals surface area contributed by atoms with Gasteiger partial charge in [0.25, 0.3) is 5.91 Å². The largest absolute Gasteiger partial charge is 0.350 e. The topological polar surface area (TPSA) is 44.4 Å². The van der Waals surface area contributed by atoms with E-state index in [2.05, 4.69) is 10.6 Å². The molecule has 0 bridgehead atoms. The van der Waals surface area contributed by atoms with Gasteiger partial charge in [0.1, 0.15) is 5.82 Å². The summed E-state index contributed by atoms with van der Waals surface area (Å²) in [6, 6.07) is 6.73. The molecule has 0 unspecified atom stereocenters. The van der Waals surface area contributed by atoms with Gasteiger partial charge in [-0.05, 0) is 78.2 Å². The molecule has 2 fully saturated rings. The fourth-order valence-electron chi connectivity index (χ4n) is 4.07. The van der Waals surface area contributed by atoms with E-state index in [1.54, 1.807) is 11.0 Å². The number of nitrogens with one attached hydrogen (secondary N) is 2. The summed E-state index contributed by atoms with van der Waals surface area (Å²) in [6.45, 7) is 1.99. The molecular weight excluding hydrogens is 506 g/mol. The number of benzene rings is 2. The van der Waals surface area contributed by atoms with E-state index < -0.39 is 23.4 Å². The Morgan fingerprint density at radius 2 is 1.80 bits per heavy atom. The van der Waals surface area contributed by atoms with Gasteiger partial charge in [0.2, 0.25) is 0 Å². The van der Waals surface area contributed by atoms with Gasteiger partial charge in [-0.15, -0.1) is 0 Å². The third-order valence-electron chi connectivity index (χ3n) is 5.85. The van der Waals surface area contributed by atoms with Crippen LogP contribution in [-0.2, 0) is 0 Å². The minimum Gasteiger partial charge on any atom is -0.350 e. The number of halogens is 4. The van der Waals surface area contributed by atoms with Gasteiger partial charge < -0.3 is 15.5 Å². The summed E-state index contributed by atoms with van der Waals surface area (Å²) in [4.78, 5) is 14.5. The molecule has 0 atom stereocenters. The summed E-state index contributed by atoms with van der Waals surface area (Å²) in [5.41, 5.74) is -0.378. The number of carbonyl (C=O) groups excluding carboxylic acids is 1. The van der Waals surface area contributed by atoms with Gasteiger partial charge in [-0.25, -0.2) is 13.2 Å². The molecule has 160 valence electrons. The highest BCUT2D eigenvalue weighted by Crippen LogP contribution is 2.30. The van der Waals surface area contributed by atoms with Gasteiger partial charge in [-0.3, -0.25) is 4.79 Å². The van der Waals surface area contributed by atoms with Crippen LogP contribution in [0.5, 0.6) is 0 Å². The Hall–Kier alpha value is -1.81. The van der Waals surface area contributed by atoms with Crippen molar-refractivity contribution in [3.63, 3.8) is 0 Å². The maximum Gasteiger partial charge on any atom is 0.256 e. The summed E-state index contributed by atoms with van der Waals surface area (Å²) in [5.74, 6) is -2.60. The summed E-state index contributed by atoms with van der Waals surface area (Å²) < 4.78 is 43.3. The molecule has 2 aromatic carbocycles. The SMILES string of the molecule is O=C(c1ccc(F)c(F)c1Nc1ccc(I)cc1F)N1CC(NCC2CCCC2)C1. The zero-order chi connectivity index (χ0) is 21.3. The molecule has 0 radical (unpaired) electrons. The third-order valence-corrected chi connectivity index (χ3v) is 6.53. The summed E-state index contributed by atoms with van der Waals surface area (Å²) in [5, 5.41) is 6.07. The van der Waals surface area contributed by atoms with Crippen molar-refractivity contribution in [2.45, 2.75) is 31.7 Å². The highest BCUT2D eigenvalue weighted by atomic mass is 127. The number of hydrogen-bond acceptors (Lipinski definition) is 3. The number of amides is 1. The number of likely N-dealkylation sites (tertiary alicyclic amines) is 1. The second kappa shape index (κ2) is 9.13. The zero-order valence-corrected chi connectivity index (χ0v) is 18.5. The van der Waals surface area contributed by atoms with E-state index in [9.17, 15) is 18.0 Å². The molecule has 2 aliphatic rings. The second-order valence-corrected chi connectivity index (χ2v) is 9.24. The molecular formula is C22H23F3IN3O. The van der Waals surface area contributed by atoms with Crippen LogP contribution in [-0.4, -0.2) is 36.5 Å². The molecule has 1 amide bonds. The normalized spacial score (nSPS) is 17.3. The first-order valence-electron chi connectivity index (χ1n) is 10.1. The van der Waals surface area contributed by atoms with Crippen LogP contribution in [0.15, 0.2) is 30.3 Å². The second-order valence-electron chi connectivity index (χ2n) is 8.00. The molecule has 8 heteroatoms. The fourth-order valence-corrected chi connectivity index (χ4v) is 4.52. The minimum atomic E-state index is -1.20. The Labute approximate surface area is 187 Å². The molecule has 1 aliphatic heterocycles. The van der Waals surface area contributed by atoms with Crippen molar-refractivity contribution < 1.29 is 18.0 Å². The lowest BCUT2D eigenvalue weighted by Gasteiger charge is -2.40. The molecule has 0 aromatic heterocycles. The molecule has 1 saturated carbocycles. The first-order chi connectivity index (χ1) is 14.4. The summed E-state index contributed by atoms with van der Waals surface area (Å²) in [6.07, 6.45) is 5.08. The predicted octanol–water partition coefficient (Wildman–Crippen LogP) is 5.06. The summed E-state index contributed by atoms with van der Waals surface area (Å²) in [7, 11) is 0. The highest BCUT2D eigenvalue weighted by molar-refractivity contribution is 14.1. The monoisotopic (exact) mass is 529 g/mol. The quantitative estimate of drug-likeness (QED) is 0.515. The van der Waals surface area contributed by atoms with Crippen molar-refractivity contribution in [3.8, 4) is 0 Å². The number of nitrogens with zero attached hydrogens (tertiary/aromatic N) is 1.